The Hall–Kier alpha value is -0.740. The van der Waals surface area contributed by atoms with E-state index in [0.717, 1.165) is 40.2 Å². The van der Waals surface area contributed by atoms with Gasteiger partial charge in [-0.1, -0.05) is 23.2 Å². The third kappa shape index (κ3) is 2.96. The van der Waals surface area contributed by atoms with E-state index in [-0.39, 0.29) is 6.04 Å². The number of nitrogens with one attached hydrogen (secondary N) is 1. The Morgan fingerprint density at radius 3 is 2.95 bits per heavy atom. The van der Waals surface area contributed by atoms with Crippen molar-refractivity contribution in [2.24, 2.45) is 0 Å². The molecule has 106 valence electrons. The van der Waals surface area contributed by atoms with Gasteiger partial charge in [-0.25, -0.2) is 0 Å². The fourth-order valence-corrected chi connectivity index (χ4v) is 3.75. The van der Waals surface area contributed by atoms with Crippen LogP contribution in [-0.2, 0) is 13.0 Å². The Bertz CT molecular complexity index is 626. The predicted octanol–water partition coefficient (Wildman–Crippen LogP) is 4.84. The molecule has 1 aliphatic rings. The van der Waals surface area contributed by atoms with E-state index in [1.165, 1.54) is 10.4 Å². The fourth-order valence-electron chi connectivity index (χ4n) is 2.40. The zero-order valence-electron chi connectivity index (χ0n) is 11.1. The summed E-state index contributed by atoms with van der Waals surface area (Å²) in [6, 6.07) is 8.22. The Morgan fingerprint density at radius 1 is 1.35 bits per heavy atom. The lowest BCUT2D eigenvalue weighted by molar-refractivity contribution is 0.352. The van der Waals surface area contributed by atoms with E-state index in [0.29, 0.717) is 0 Å². The highest BCUT2D eigenvalue weighted by molar-refractivity contribution is 7.16. The quantitative estimate of drug-likeness (QED) is 0.867. The molecule has 0 aliphatic carbocycles. The third-order valence-electron chi connectivity index (χ3n) is 3.44. The van der Waals surface area contributed by atoms with Crippen molar-refractivity contribution in [3.05, 3.63) is 49.6 Å². The first-order valence-electron chi connectivity index (χ1n) is 6.56. The van der Waals surface area contributed by atoms with Crippen LogP contribution >= 0.6 is 34.5 Å². The highest BCUT2D eigenvalue weighted by Gasteiger charge is 2.18. The largest absolute Gasteiger partial charge is 0.493 e. The molecular formula is C15H15Cl2NOS. The molecule has 2 nitrogen and oxygen atoms in total. The number of rotatable bonds is 4. The van der Waals surface area contributed by atoms with Gasteiger partial charge in [-0.15, -0.1) is 11.3 Å². The summed E-state index contributed by atoms with van der Waals surface area (Å²) in [5, 5.41) is 4.27. The molecule has 1 aromatic carbocycles. The van der Waals surface area contributed by atoms with Crippen molar-refractivity contribution in [3.63, 3.8) is 0 Å². The Kier molecular flexibility index (Phi) is 4.22. The molecular weight excluding hydrogens is 313 g/mol. The molecule has 0 fully saturated rings. The van der Waals surface area contributed by atoms with Crippen molar-refractivity contribution >= 4 is 34.5 Å². The first kappa shape index (κ1) is 14.2. The van der Waals surface area contributed by atoms with Crippen molar-refractivity contribution in [1.82, 2.24) is 5.32 Å². The molecule has 1 aliphatic heterocycles. The van der Waals surface area contributed by atoms with Gasteiger partial charge >= 0.3 is 0 Å². The molecule has 1 N–H and O–H groups in total. The summed E-state index contributed by atoms with van der Waals surface area (Å²) in [6.07, 6.45) is 0.943. The molecule has 0 radical (unpaired) electrons. The molecule has 0 saturated carbocycles. The van der Waals surface area contributed by atoms with Crippen LogP contribution in [0.25, 0.3) is 0 Å². The van der Waals surface area contributed by atoms with Crippen LogP contribution in [0.3, 0.4) is 0 Å². The summed E-state index contributed by atoms with van der Waals surface area (Å²) in [5.41, 5.74) is 2.33. The molecule has 0 spiro atoms. The van der Waals surface area contributed by atoms with Crippen molar-refractivity contribution in [3.8, 4) is 5.75 Å². The van der Waals surface area contributed by atoms with E-state index in [1.54, 1.807) is 11.3 Å². The highest BCUT2D eigenvalue weighted by atomic mass is 35.5. The minimum Gasteiger partial charge on any atom is -0.493 e. The molecule has 3 rings (SSSR count). The monoisotopic (exact) mass is 327 g/mol. The second kappa shape index (κ2) is 5.94. The van der Waals surface area contributed by atoms with Crippen LogP contribution < -0.4 is 10.1 Å². The minimum absolute atomic E-state index is 0.253. The van der Waals surface area contributed by atoms with Gasteiger partial charge in [-0.3, -0.25) is 0 Å². The van der Waals surface area contributed by atoms with Gasteiger partial charge in [0.2, 0.25) is 0 Å². The van der Waals surface area contributed by atoms with Crippen LogP contribution in [0, 0.1) is 0 Å². The summed E-state index contributed by atoms with van der Waals surface area (Å²) in [4.78, 5) is 1.23. The van der Waals surface area contributed by atoms with Crippen LogP contribution in [0.2, 0.25) is 9.36 Å². The van der Waals surface area contributed by atoms with Gasteiger partial charge in [-0.2, -0.15) is 0 Å². The van der Waals surface area contributed by atoms with Gasteiger partial charge in [0.25, 0.3) is 0 Å². The maximum absolute atomic E-state index is 6.17. The molecule has 2 aromatic rings. The topological polar surface area (TPSA) is 21.3 Å². The average molecular weight is 328 g/mol. The van der Waals surface area contributed by atoms with Crippen LogP contribution in [-0.4, -0.2) is 6.61 Å². The summed E-state index contributed by atoms with van der Waals surface area (Å²) in [5.74, 6) is 0.998. The molecule has 0 bridgehead atoms. The summed E-state index contributed by atoms with van der Waals surface area (Å²) < 4.78 is 6.53. The summed E-state index contributed by atoms with van der Waals surface area (Å²) >= 11 is 13.7. The number of ether oxygens (including phenoxy) is 1. The lowest BCUT2D eigenvalue weighted by Gasteiger charge is -2.14. The van der Waals surface area contributed by atoms with E-state index in [1.807, 2.05) is 18.2 Å². The molecule has 1 unspecified atom stereocenters. The molecule has 2 heterocycles. The first-order valence-corrected chi connectivity index (χ1v) is 8.13. The summed E-state index contributed by atoms with van der Waals surface area (Å²) in [6.45, 7) is 3.62. The highest BCUT2D eigenvalue weighted by Crippen LogP contribution is 2.33. The van der Waals surface area contributed by atoms with E-state index in [9.17, 15) is 0 Å². The number of benzene rings is 1. The number of halogens is 2. The van der Waals surface area contributed by atoms with Crippen LogP contribution in [0.4, 0.5) is 0 Å². The lowest BCUT2D eigenvalue weighted by Crippen LogP contribution is -2.17. The van der Waals surface area contributed by atoms with Crippen LogP contribution in [0.15, 0.2) is 24.3 Å². The second-order valence-electron chi connectivity index (χ2n) is 4.90. The average Bonchev–Trinajstić information content (AvgIpc) is 3.03. The number of hydrogen-bond donors (Lipinski definition) is 1. The van der Waals surface area contributed by atoms with Crippen molar-refractivity contribution < 1.29 is 4.74 Å². The molecule has 0 amide bonds. The lowest BCUT2D eigenvalue weighted by atomic mass is 10.1. The smallest absolute Gasteiger partial charge is 0.127 e. The normalized spacial score (nSPS) is 14.9. The maximum Gasteiger partial charge on any atom is 0.127 e. The molecule has 5 heteroatoms. The Morgan fingerprint density at radius 2 is 2.20 bits per heavy atom. The predicted molar refractivity (Wildman–Crippen MR) is 85.2 cm³/mol. The zero-order valence-corrected chi connectivity index (χ0v) is 13.4. The standard InChI is InChI=1S/C15H15Cl2NOS/c1-9(13-2-3-14(17)20-13)18-8-11-7-12(16)6-10-4-5-19-15(10)11/h2-3,6-7,9,18H,4-5,8H2,1H3. The number of fused-ring (bicyclic) bond motifs is 1. The zero-order chi connectivity index (χ0) is 14.1. The van der Waals surface area contributed by atoms with Gasteiger partial charge in [0.15, 0.2) is 0 Å². The molecule has 20 heavy (non-hydrogen) atoms. The van der Waals surface area contributed by atoms with Crippen LogP contribution in [0.5, 0.6) is 5.75 Å². The van der Waals surface area contributed by atoms with Crippen molar-refractivity contribution in [2.45, 2.75) is 25.9 Å². The molecule has 1 atom stereocenters. The SMILES string of the molecule is CC(NCc1cc(Cl)cc2c1OCC2)c1ccc(Cl)s1. The van der Waals surface area contributed by atoms with Gasteiger partial charge in [0.05, 0.1) is 10.9 Å². The number of hydrogen-bond acceptors (Lipinski definition) is 3. The van der Waals surface area contributed by atoms with Crippen molar-refractivity contribution in [1.29, 1.82) is 0 Å². The second-order valence-corrected chi connectivity index (χ2v) is 7.08. The summed E-state index contributed by atoms with van der Waals surface area (Å²) in [7, 11) is 0. The Balaban J connectivity index is 1.73. The van der Waals surface area contributed by atoms with Crippen LogP contribution in [0.1, 0.15) is 29.0 Å². The number of thiophene rings is 1. The third-order valence-corrected chi connectivity index (χ3v) is 5.08. The van der Waals surface area contributed by atoms with Crippen molar-refractivity contribution in [2.75, 3.05) is 6.61 Å². The van der Waals surface area contributed by atoms with E-state index < -0.39 is 0 Å². The van der Waals surface area contributed by atoms with Gasteiger partial charge < -0.3 is 10.1 Å². The first-order chi connectivity index (χ1) is 9.63. The minimum atomic E-state index is 0.253. The molecule has 0 saturated heterocycles. The van der Waals surface area contributed by atoms with Gasteiger partial charge in [-0.05, 0) is 36.8 Å². The van der Waals surface area contributed by atoms with E-state index in [2.05, 4.69) is 18.3 Å². The van der Waals surface area contributed by atoms with Gasteiger partial charge in [0.1, 0.15) is 5.75 Å². The van der Waals surface area contributed by atoms with Gasteiger partial charge in [0, 0.05) is 34.5 Å². The fraction of sp³-hybridized carbons (Fsp3) is 0.333. The van der Waals surface area contributed by atoms with E-state index >= 15 is 0 Å². The molecule has 1 aromatic heterocycles. The Labute approximate surface area is 132 Å². The maximum atomic E-state index is 6.17. The van der Waals surface area contributed by atoms with E-state index in [4.69, 9.17) is 27.9 Å².